The molecule has 0 bridgehead atoms. The van der Waals surface area contributed by atoms with Crippen LogP contribution in [-0.4, -0.2) is 47.3 Å². The van der Waals surface area contributed by atoms with Crippen LogP contribution >= 0.6 is 0 Å². The third kappa shape index (κ3) is 3.11. The zero-order chi connectivity index (χ0) is 19.0. The first kappa shape index (κ1) is 17.7. The number of nitrogens with zero attached hydrogens (tertiary/aromatic N) is 2. The molecule has 4 nitrogen and oxygen atoms in total. The van der Waals surface area contributed by atoms with E-state index in [1.54, 1.807) is 17.0 Å². The molecule has 0 unspecified atom stereocenters. The summed E-state index contributed by atoms with van der Waals surface area (Å²) in [4.78, 5) is 29.2. The molecular weight excluding hydrogens is 343 g/mol. The number of likely N-dealkylation sites (tertiary alicyclic amines) is 2. The fourth-order valence-electron chi connectivity index (χ4n) is 4.49. The fraction of sp³-hybridized carbons (Fsp3) is 0.364. The maximum Gasteiger partial charge on any atom is 0.253 e. The SMILES string of the molecule is CN1C(=O)[C@@H](c2ccccc2)CC12CCN(C(=O)c1cccc(F)c1)CC2. The molecule has 0 aromatic heterocycles. The lowest BCUT2D eigenvalue weighted by Gasteiger charge is -2.43. The predicted molar refractivity (Wildman–Crippen MR) is 101 cm³/mol. The Morgan fingerprint density at radius 2 is 1.78 bits per heavy atom. The van der Waals surface area contributed by atoms with Gasteiger partial charge in [0.25, 0.3) is 5.91 Å². The van der Waals surface area contributed by atoms with Crippen LogP contribution in [0.25, 0.3) is 0 Å². The Labute approximate surface area is 158 Å². The molecule has 2 aromatic carbocycles. The number of hydrogen-bond donors (Lipinski definition) is 0. The van der Waals surface area contributed by atoms with Gasteiger partial charge in [-0.25, -0.2) is 4.39 Å². The van der Waals surface area contributed by atoms with Crippen molar-refractivity contribution in [3.63, 3.8) is 0 Å². The van der Waals surface area contributed by atoms with Crippen LogP contribution in [0.15, 0.2) is 54.6 Å². The highest BCUT2D eigenvalue weighted by molar-refractivity contribution is 5.94. The molecule has 0 aliphatic carbocycles. The maximum absolute atomic E-state index is 13.4. The molecule has 2 saturated heterocycles. The van der Waals surface area contributed by atoms with Crippen molar-refractivity contribution in [2.75, 3.05) is 20.1 Å². The van der Waals surface area contributed by atoms with E-state index in [1.807, 2.05) is 42.3 Å². The van der Waals surface area contributed by atoms with Crippen LogP contribution < -0.4 is 0 Å². The molecule has 0 N–H and O–H groups in total. The van der Waals surface area contributed by atoms with Crippen molar-refractivity contribution in [1.29, 1.82) is 0 Å². The Morgan fingerprint density at radius 3 is 2.44 bits per heavy atom. The number of halogens is 1. The summed E-state index contributed by atoms with van der Waals surface area (Å²) in [6.45, 7) is 1.16. The van der Waals surface area contributed by atoms with E-state index < -0.39 is 5.82 Å². The van der Waals surface area contributed by atoms with Gasteiger partial charge >= 0.3 is 0 Å². The molecule has 1 spiro atoms. The first-order valence-corrected chi connectivity index (χ1v) is 9.38. The van der Waals surface area contributed by atoms with E-state index in [1.165, 1.54) is 12.1 Å². The highest BCUT2D eigenvalue weighted by Crippen LogP contribution is 2.44. The lowest BCUT2D eigenvalue weighted by Crippen LogP contribution is -2.52. The van der Waals surface area contributed by atoms with Crippen molar-refractivity contribution in [1.82, 2.24) is 9.80 Å². The molecule has 2 aromatic rings. The minimum absolute atomic E-state index is 0.110. The Morgan fingerprint density at radius 1 is 1.07 bits per heavy atom. The summed E-state index contributed by atoms with van der Waals surface area (Å²) < 4.78 is 13.4. The van der Waals surface area contributed by atoms with Crippen LogP contribution in [0.3, 0.4) is 0 Å². The van der Waals surface area contributed by atoms with E-state index in [-0.39, 0.29) is 23.3 Å². The van der Waals surface area contributed by atoms with Gasteiger partial charge in [0.05, 0.1) is 5.92 Å². The van der Waals surface area contributed by atoms with Crippen LogP contribution in [0.4, 0.5) is 4.39 Å². The topological polar surface area (TPSA) is 40.6 Å². The van der Waals surface area contributed by atoms with Crippen LogP contribution in [0.5, 0.6) is 0 Å². The molecule has 2 fully saturated rings. The van der Waals surface area contributed by atoms with Gasteiger partial charge in [-0.1, -0.05) is 36.4 Å². The summed E-state index contributed by atoms with van der Waals surface area (Å²) in [5.41, 5.74) is 1.24. The second-order valence-corrected chi connectivity index (χ2v) is 7.59. The van der Waals surface area contributed by atoms with Gasteiger partial charge in [-0.15, -0.1) is 0 Å². The molecule has 27 heavy (non-hydrogen) atoms. The van der Waals surface area contributed by atoms with Crippen molar-refractivity contribution in [3.8, 4) is 0 Å². The van der Waals surface area contributed by atoms with Crippen molar-refractivity contribution >= 4 is 11.8 Å². The van der Waals surface area contributed by atoms with Crippen LogP contribution in [-0.2, 0) is 4.79 Å². The highest BCUT2D eigenvalue weighted by Gasteiger charge is 2.50. The Balaban J connectivity index is 1.48. The van der Waals surface area contributed by atoms with Gasteiger partial charge in [-0.2, -0.15) is 0 Å². The third-order valence-electron chi connectivity index (χ3n) is 6.18. The smallest absolute Gasteiger partial charge is 0.253 e. The summed E-state index contributed by atoms with van der Waals surface area (Å²) in [6, 6.07) is 15.7. The number of carbonyl (C=O) groups excluding carboxylic acids is 2. The van der Waals surface area contributed by atoms with Crippen molar-refractivity contribution in [2.45, 2.75) is 30.7 Å². The number of piperidine rings is 1. The van der Waals surface area contributed by atoms with Crippen LogP contribution in [0.1, 0.15) is 41.1 Å². The van der Waals surface area contributed by atoms with Gasteiger partial charge < -0.3 is 9.80 Å². The largest absolute Gasteiger partial charge is 0.339 e. The van der Waals surface area contributed by atoms with Gasteiger partial charge in [0, 0.05) is 31.2 Å². The second-order valence-electron chi connectivity index (χ2n) is 7.59. The van der Waals surface area contributed by atoms with Gasteiger partial charge in [0.1, 0.15) is 5.82 Å². The Bertz CT molecular complexity index is 860. The molecule has 1 atom stereocenters. The minimum Gasteiger partial charge on any atom is -0.339 e. The molecule has 2 heterocycles. The monoisotopic (exact) mass is 366 g/mol. The van der Waals surface area contributed by atoms with E-state index in [0.717, 1.165) is 24.8 Å². The van der Waals surface area contributed by atoms with Crippen LogP contribution in [0, 0.1) is 5.82 Å². The third-order valence-corrected chi connectivity index (χ3v) is 6.18. The predicted octanol–water partition coefficient (Wildman–Crippen LogP) is 3.45. The van der Waals surface area contributed by atoms with Crippen molar-refractivity contribution in [3.05, 3.63) is 71.5 Å². The fourth-order valence-corrected chi connectivity index (χ4v) is 4.49. The van der Waals surface area contributed by atoms with E-state index in [9.17, 15) is 14.0 Å². The zero-order valence-corrected chi connectivity index (χ0v) is 15.4. The van der Waals surface area contributed by atoms with Crippen molar-refractivity contribution < 1.29 is 14.0 Å². The second kappa shape index (κ2) is 6.80. The zero-order valence-electron chi connectivity index (χ0n) is 15.4. The molecule has 2 aliphatic rings. The van der Waals surface area contributed by atoms with Gasteiger partial charge in [-0.3, -0.25) is 9.59 Å². The van der Waals surface area contributed by atoms with E-state index in [2.05, 4.69) is 0 Å². The number of amides is 2. The molecule has 2 aliphatic heterocycles. The normalized spacial score (nSPS) is 21.7. The summed E-state index contributed by atoms with van der Waals surface area (Å²) >= 11 is 0. The quantitative estimate of drug-likeness (QED) is 0.817. The molecule has 2 amide bonds. The van der Waals surface area contributed by atoms with Gasteiger partial charge in [0.15, 0.2) is 0 Å². The summed E-state index contributed by atoms with van der Waals surface area (Å²) in [5.74, 6) is -0.495. The molecule has 0 saturated carbocycles. The average Bonchev–Trinajstić information content (AvgIpc) is 2.94. The lowest BCUT2D eigenvalue weighted by atomic mass is 9.81. The number of benzene rings is 2. The molecule has 0 radical (unpaired) electrons. The molecule has 4 rings (SSSR count). The summed E-state index contributed by atoms with van der Waals surface area (Å²) in [7, 11) is 1.88. The molecule has 140 valence electrons. The molecular formula is C22H23FN2O2. The number of likely N-dealkylation sites (N-methyl/N-ethyl adjacent to an activating group) is 1. The highest BCUT2D eigenvalue weighted by atomic mass is 19.1. The minimum atomic E-state index is -0.402. The number of carbonyl (C=O) groups is 2. The van der Waals surface area contributed by atoms with E-state index >= 15 is 0 Å². The Hall–Kier alpha value is -2.69. The summed E-state index contributed by atoms with van der Waals surface area (Å²) in [6.07, 6.45) is 2.29. The average molecular weight is 366 g/mol. The van der Waals surface area contributed by atoms with Crippen LogP contribution in [0.2, 0.25) is 0 Å². The Kier molecular flexibility index (Phi) is 4.46. The number of hydrogen-bond acceptors (Lipinski definition) is 2. The van der Waals surface area contributed by atoms with Gasteiger partial charge in [0.2, 0.25) is 5.91 Å². The van der Waals surface area contributed by atoms with Crippen molar-refractivity contribution in [2.24, 2.45) is 0 Å². The first-order valence-electron chi connectivity index (χ1n) is 9.38. The van der Waals surface area contributed by atoms with E-state index in [4.69, 9.17) is 0 Å². The lowest BCUT2D eigenvalue weighted by molar-refractivity contribution is -0.131. The number of rotatable bonds is 2. The first-order chi connectivity index (χ1) is 13.0. The standard InChI is InChI=1S/C22H23FN2O2/c1-24-21(27)19(16-6-3-2-4-7-16)15-22(24)10-12-25(13-11-22)20(26)17-8-5-9-18(23)14-17/h2-9,14,19H,10-13,15H2,1H3/t19-/m1/s1. The van der Waals surface area contributed by atoms with E-state index in [0.29, 0.717) is 18.7 Å². The summed E-state index contributed by atoms with van der Waals surface area (Å²) in [5, 5.41) is 0. The maximum atomic E-state index is 13.4. The van der Waals surface area contributed by atoms with Gasteiger partial charge in [-0.05, 0) is 43.0 Å². The molecule has 5 heteroatoms.